The van der Waals surface area contributed by atoms with E-state index in [0.717, 1.165) is 32.1 Å². The summed E-state index contributed by atoms with van der Waals surface area (Å²) in [5.41, 5.74) is 7.28. The summed E-state index contributed by atoms with van der Waals surface area (Å²) >= 11 is 0. The van der Waals surface area contributed by atoms with Crippen LogP contribution in [-0.2, 0) is 6.42 Å². The molecule has 2 nitrogen and oxygen atoms in total. The highest BCUT2D eigenvalue weighted by molar-refractivity contribution is 5.18. The molecule has 0 unspecified atom stereocenters. The van der Waals surface area contributed by atoms with Crippen molar-refractivity contribution < 1.29 is 5.11 Å². The third kappa shape index (κ3) is 3.80. The minimum Gasteiger partial charge on any atom is -0.388 e. The molecule has 1 aromatic carbocycles. The molecule has 3 rings (SSSR count). The highest BCUT2D eigenvalue weighted by atomic mass is 16.3. The Labute approximate surface area is 141 Å². The first-order chi connectivity index (χ1) is 11.2. The van der Waals surface area contributed by atoms with Crippen LogP contribution in [0.5, 0.6) is 0 Å². The van der Waals surface area contributed by atoms with Gasteiger partial charge in [0.05, 0.1) is 5.60 Å². The summed E-state index contributed by atoms with van der Waals surface area (Å²) < 4.78 is 0. The summed E-state index contributed by atoms with van der Waals surface area (Å²) in [5, 5.41) is 11.9. The molecule has 2 aliphatic carbocycles. The van der Waals surface area contributed by atoms with E-state index >= 15 is 0 Å². The Hall–Kier alpha value is -0.860. The fourth-order valence-corrected chi connectivity index (χ4v) is 5.10. The van der Waals surface area contributed by atoms with Gasteiger partial charge in [-0.05, 0) is 49.5 Å². The van der Waals surface area contributed by atoms with Crippen molar-refractivity contribution in [2.75, 3.05) is 0 Å². The van der Waals surface area contributed by atoms with Crippen molar-refractivity contribution in [3.8, 4) is 0 Å². The van der Waals surface area contributed by atoms with Gasteiger partial charge in [-0.25, -0.2) is 0 Å². The number of nitrogens with two attached hydrogens (primary N) is 1. The van der Waals surface area contributed by atoms with Crippen molar-refractivity contribution in [2.24, 2.45) is 17.6 Å². The molecule has 128 valence electrons. The van der Waals surface area contributed by atoms with Gasteiger partial charge >= 0.3 is 0 Å². The van der Waals surface area contributed by atoms with Gasteiger partial charge in [0, 0.05) is 6.04 Å². The van der Waals surface area contributed by atoms with Crippen LogP contribution < -0.4 is 5.73 Å². The highest BCUT2D eigenvalue weighted by Gasteiger charge is 2.48. The molecule has 2 fully saturated rings. The summed E-state index contributed by atoms with van der Waals surface area (Å²) in [6.45, 7) is 0. The molecule has 0 heterocycles. The van der Waals surface area contributed by atoms with Gasteiger partial charge in [-0.1, -0.05) is 68.9 Å². The second-order valence-corrected chi connectivity index (χ2v) is 7.85. The van der Waals surface area contributed by atoms with Crippen molar-refractivity contribution in [2.45, 2.75) is 82.3 Å². The van der Waals surface area contributed by atoms with Crippen LogP contribution in [0.25, 0.3) is 0 Å². The number of aliphatic hydroxyl groups is 1. The Kier molecular flexibility index (Phi) is 5.76. The van der Waals surface area contributed by atoms with E-state index in [9.17, 15) is 5.11 Å². The topological polar surface area (TPSA) is 46.2 Å². The molecule has 0 spiro atoms. The molecule has 0 aromatic heterocycles. The highest BCUT2D eigenvalue weighted by Crippen LogP contribution is 2.44. The van der Waals surface area contributed by atoms with Crippen LogP contribution in [0, 0.1) is 11.8 Å². The molecule has 0 saturated heterocycles. The number of benzene rings is 1. The van der Waals surface area contributed by atoms with Crippen LogP contribution >= 0.6 is 0 Å². The maximum atomic E-state index is 11.9. The predicted molar refractivity (Wildman–Crippen MR) is 96.2 cm³/mol. The molecule has 0 amide bonds. The van der Waals surface area contributed by atoms with Crippen LogP contribution in [0.3, 0.4) is 0 Å². The van der Waals surface area contributed by atoms with Gasteiger partial charge in [0.1, 0.15) is 0 Å². The third-order valence-corrected chi connectivity index (χ3v) is 6.41. The Morgan fingerprint density at radius 3 is 1.83 bits per heavy atom. The molecule has 3 N–H and O–H groups in total. The molecule has 2 aliphatic rings. The molecule has 2 heteroatoms. The first-order valence-corrected chi connectivity index (χ1v) is 9.73. The van der Waals surface area contributed by atoms with Gasteiger partial charge in [-0.3, -0.25) is 0 Å². The van der Waals surface area contributed by atoms with Crippen molar-refractivity contribution >= 4 is 0 Å². The molecule has 0 radical (unpaired) electrons. The minimum atomic E-state index is -0.670. The second-order valence-electron chi connectivity index (χ2n) is 7.85. The van der Waals surface area contributed by atoms with Gasteiger partial charge in [-0.2, -0.15) is 0 Å². The maximum absolute atomic E-state index is 11.9. The number of hydrogen-bond donors (Lipinski definition) is 2. The van der Waals surface area contributed by atoms with E-state index in [4.69, 9.17) is 5.73 Å². The minimum absolute atomic E-state index is 0.143. The third-order valence-electron chi connectivity index (χ3n) is 6.41. The van der Waals surface area contributed by atoms with E-state index in [0.29, 0.717) is 11.8 Å². The van der Waals surface area contributed by atoms with Crippen molar-refractivity contribution in [3.05, 3.63) is 35.9 Å². The molecular weight excluding hydrogens is 282 g/mol. The lowest BCUT2D eigenvalue weighted by Crippen LogP contribution is -2.59. The van der Waals surface area contributed by atoms with E-state index in [1.165, 1.54) is 44.1 Å². The molecule has 2 saturated carbocycles. The fraction of sp³-hybridized carbons (Fsp3) is 0.714. The van der Waals surface area contributed by atoms with Crippen LogP contribution in [0.15, 0.2) is 30.3 Å². The summed E-state index contributed by atoms with van der Waals surface area (Å²) in [6.07, 6.45) is 13.1. The number of rotatable bonds is 5. The molecule has 1 atom stereocenters. The SMILES string of the molecule is N[C@H](Cc1ccccc1)C(O)(C1CCCCC1)C1CCCCC1. The van der Waals surface area contributed by atoms with Gasteiger partial charge in [0.2, 0.25) is 0 Å². The Bertz CT molecular complexity index is 442. The first-order valence-electron chi connectivity index (χ1n) is 9.73. The molecular formula is C21H33NO. The van der Waals surface area contributed by atoms with Crippen LogP contribution in [0.2, 0.25) is 0 Å². The molecule has 1 aromatic rings. The van der Waals surface area contributed by atoms with Gasteiger partial charge in [0.15, 0.2) is 0 Å². The average Bonchev–Trinajstić information content (AvgIpc) is 2.63. The van der Waals surface area contributed by atoms with Gasteiger partial charge < -0.3 is 10.8 Å². The zero-order valence-corrected chi connectivity index (χ0v) is 14.4. The van der Waals surface area contributed by atoms with Crippen molar-refractivity contribution in [3.63, 3.8) is 0 Å². The standard InChI is InChI=1S/C21H33NO/c22-20(16-17-10-4-1-5-11-17)21(23,18-12-6-2-7-13-18)19-14-8-3-9-15-19/h1,4-5,10-11,18-20,23H,2-3,6-9,12-16,22H2/t20-/m1/s1. The lowest BCUT2D eigenvalue weighted by Gasteiger charge is -2.49. The first kappa shape index (κ1) is 17.0. The quantitative estimate of drug-likeness (QED) is 0.843. The number of hydrogen-bond acceptors (Lipinski definition) is 2. The van der Waals surface area contributed by atoms with Crippen LogP contribution in [0.1, 0.15) is 69.8 Å². The maximum Gasteiger partial charge on any atom is 0.0857 e. The van der Waals surface area contributed by atoms with Crippen LogP contribution in [-0.4, -0.2) is 16.7 Å². The van der Waals surface area contributed by atoms with E-state index in [1.54, 1.807) is 0 Å². The van der Waals surface area contributed by atoms with E-state index in [-0.39, 0.29) is 6.04 Å². The fourth-order valence-electron chi connectivity index (χ4n) is 5.10. The summed E-state index contributed by atoms with van der Waals surface area (Å²) in [6, 6.07) is 10.3. The van der Waals surface area contributed by atoms with E-state index < -0.39 is 5.60 Å². The predicted octanol–water partition coefficient (Wildman–Crippen LogP) is 4.45. The van der Waals surface area contributed by atoms with E-state index in [2.05, 4.69) is 24.3 Å². The summed E-state index contributed by atoms with van der Waals surface area (Å²) in [7, 11) is 0. The Morgan fingerprint density at radius 2 is 1.35 bits per heavy atom. The lowest BCUT2D eigenvalue weighted by molar-refractivity contribution is -0.109. The van der Waals surface area contributed by atoms with Crippen molar-refractivity contribution in [1.29, 1.82) is 0 Å². The average molecular weight is 316 g/mol. The molecule has 0 bridgehead atoms. The summed E-state index contributed by atoms with van der Waals surface area (Å²) in [4.78, 5) is 0. The summed E-state index contributed by atoms with van der Waals surface area (Å²) in [5.74, 6) is 0.802. The van der Waals surface area contributed by atoms with Crippen molar-refractivity contribution in [1.82, 2.24) is 0 Å². The second kappa shape index (κ2) is 7.81. The lowest BCUT2D eigenvalue weighted by atomic mass is 9.62. The van der Waals surface area contributed by atoms with Gasteiger partial charge in [-0.15, -0.1) is 0 Å². The Balaban J connectivity index is 1.80. The molecule has 23 heavy (non-hydrogen) atoms. The zero-order chi connectivity index (χ0) is 16.1. The zero-order valence-electron chi connectivity index (χ0n) is 14.4. The van der Waals surface area contributed by atoms with Gasteiger partial charge in [0.25, 0.3) is 0 Å². The largest absolute Gasteiger partial charge is 0.388 e. The molecule has 0 aliphatic heterocycles. The van der Waals surface area contributed by atoms with Crippen LogP contribution in [0.4, 0.5) is 0 Å². The van der Waals surface area contributed by atoms with E-state index in [1.807, 2.05) is 6.07 Å². The monoisotopic (exact) mass is 315 g/mol. The Morgan fingerprint density at radius 1 is 0.870 bits per heavy atom. The normalized spacial score (nSPS) is 22.9. The smallest absolute Gasteiger partial charge is 0.0857 e.